The Bertz CT molecular complexity index is 600. The second kappa shape index (κ2) is 7.40. The van der Waals surface area contributed by atoms with E-state index < -0.39 is 0 Å². The minimum Gasteiger partial charge on any atom is -0.496 e. The quantitative estimate of drug-likeness (QED) is 0.585. The third-order valence-corrected chi connectivity index (χ3v) is 5.92. The first-order valence-electron chi connectivity index (χ1n) is 6.08. The highest BCUT2D eigenvalue weighted by Crippen LogP contribution is 2.39. The summed E-state index contributed by atoms with van der Waals surface area (Å²) < 4.78 is 8.52. The van der Waals surface area contributed by atoms with E-state index in [1.54, 1.807) is 18.4 Å². The molecule has 2 rings (SSSR count). The average Bonchev–Trinajstić information content (AvgIpc) is 2.74. The van der Waals surface area contributed by atoms with Crippen LogP contribution in [0, 0.1) is 0 Å². The van der Waals surface area contributed by atoms with Gasteiger partial charge in [-0.1, -0.05) is 13.0 Å². The van der Waals surface area contributed by atoms with Crippen LogP contribution in [-0.4, -0.2) is 13.7 Å². The maximum Gasteiger partial charge on any atom is 0.133 e. The zero-order chi connectivity index (χ0) is 14.7. The lowest BCUT2D eigenvalue weighted by atomic mass is 10.0. The van der Waals surface area contributed by atoms with Crippen molar-refractivity contribution in [2.24, 2.45) is 0 Å². The van der Waals surface area contributed by atoms with E-state index in [-0.39, 0.29) is 6.04 Å². The van der Waals surface area contributed by atoms with Crippen molar-refractivity contribution in [2.45, 2.75) is 13.0 Å². The Hall–Kier alpha value is 0.120. The first-order valence-corrected chi connectivity index (χ1v) is 9.28. The Morgan fingerprint density at radius 2 is 2.00 bits per heavy atom. The standard InChI is InChI=1S/C14H14Br3NOS/c1-3-18-13(9-7-12(16)20-14(9)17)8-4-5-11(19-2)10(15)6-8/h4-7,13,18H,3H2,1-2H3. The van der Waals surface area contributed by atoms with Gasteiger partial charge in [0.05, 0.1) is 25.2 Å². The molecule has 1 atom stereocenters. The van der Waals surface area contributed by atoms with Crippen LogP contribution in [0.3, 0.4) is 0 Å². The first kappa shape index (κ1) is 16.5. The van der Waals surface area contributed by atoms with Crippen LogP contribution < -0.4 is 10.1 Å². The summed E-state index contributed by atoms with van der Waals surface area (Å²) in [6, 6.07) is 8.48. The molecule has 1 aromatic carbocycles. The van der Waals surface area contributed by atoms with Crippen molar-refractivity contribution >= 4 is 59.1 Å². The fraction of sp³-hybridized carbons (Fsp3) is 0.286. The van der Waals surface area contributed by atoms with Gasteiger partial charge in [0.2, 0.25) is 0 Å². The average molecular weight is 484 g/mol. The van der Waals surface area contributed by atoms with E-state index in [1.807, 2.05) is 6.07 Å². The molecule has 0 saturated carbocycles. The summed E-state index contributed by atoms with van der Waals surface area (Å²) >= 11 is 12.4. The molecule has 2 aromatic rings. The van der Waals surface area contributed by atoms with E-state index in [2.05, 4.69) is 78.2 Å². The van der Waals surface area contributed by atoms with Gasteiger partial charge < -0.3 is 10.1 Å². The molecule has 0 radical (unpaired) electrons. The topological polar surface area (TPSA) is 21.3 Å². The molecule has 1 heterocycles. The molecule has 1 aromatic heterocycles. The van der Waals surface area contributed by atoms with Gasteiger partial charge in [-0.25, -0.2) is 0 Å². The van der Waals surface area contributed by atoms with Gasteiger partial charge in [0.25, 0.3) is 0 Å². The molecule has 0 amide bonds. The third-order valence-electron chi connectivity index (χ3n) is 2.91. The normalized spacial score (nSPS) is 12.4. The van der Waals surface area contributed by atoms with Gasteiger partial charge in [-0.3, -0.25) is 0 Å². The number of benzene rings is 1. The van der Waals surface area contributed by atoms with Crippen molar-refractivity contribution in [1.82, 2.24) is 5.32 Å². The molecule has 1 N–H and O–H groups in total. The maximum absolute atomic E-state index is 5.29. The second-order valence-electron chi connectivity index (χ2n) is 4.16. The second-order valence-corrected chi connectivity index (χ2v) is 8.77. The monoisotopic (exact) mass is 481 g/mol. The maximum atomic E-state index is 5.29. The predicted molar refractivity (Wildman–Crippen MR) is 95.9 cm³/mol. The summed E-state index contributed by atoms with van der Waals surface area (Å²) in [7, 11) is 1.67. The van der Waals surface area contributed by atoms with E-state index in [4.69, 9.17) is 4.74 Å². The SMILES string of the molecule is CCNC(c1ccc(OC)c(Br)c1)c1cc(Br)sc1Br. The lowest BCUT2D eigenvalue weighted by molar-refractivity contribution is 0.412. The van der Waals surface area contributed by atoms with Crippen LogP contribution in [0.2, 0.25) is 0 Å². The molecular weight excluding hydrogens is 470 g/mol. The number of methoxy groups -OCH3 is 1. The largest absolute Gasteiger partial charge is 0.496 e. The minimum atomic E-state index is 0.152. The Labute approximate surface area is 148 Å². The predicted octanol–water partition coefficient (Wildman–Crippen LogP) is 5.74. The highest BCUT2D eigenvalue weighted by atomic mass is 79.9. The molecule has 0 spiro atoms. The van der Waals surface area contributed by atoms with Crippen LogP contribution in [0.1, 0.15) is 24.1 Å². The van der Waals surface area contributed by atoms with E-state index in [0.717, 1.165) is 24.3 Å². The smallest absolute Gasteiger partial charge is 0.133 e. The fourth-order valence-corrected chi connectivity index (χ4v) is 5.48. The van der Waals surface area contributed by atoms with Crippen molar-refractivity contribution in [3.8, 4) is 5.75 Å². The molecule has 0 aliphatic rings. The van der Waals surface area contributed by atoms with Crippen molar-refractivity contribution in [3.05, 3.63) is 47.4 Å². The third kappa shape index (κ3) is 3.65. The summed E-state index contributed by atoms with van der Waals surface area (Å²) in [5.41, 5.74) is 2.44. The number of halogens is 3. The van der Waals surface area contributed by atoms with Crippen LogP contribution >= 0.6 is 59.1 Å². The van der Waals surface area contributed by atoms with Crippen LogP contribution in [0.5, 0.6) is 5.75 Å². The van der Waals surface area contributed by atoms with Crippen LogP contribution in [0.15, 0.2) is 36.3 Å². The Balaban J connectivity index is 2.43. The van der Waals surface area contributed by atoms with Gasteiger partial charge in [-0.15, -0.1) is 11.3 Å². The lowest BCUT2D eigenvalue weighted by Crippen LogP contribution is -2.21. The molecule has 0 fully saturated rings. The fourth-order valence-electron chi connectivity index (χ4n) is 2.02. The molecule has 0 aliphatic heterocycles. The zero-order valence-electron chi connectivity index (χ0n) is 11.0. The number of ether oxygens (including phenoxy) is 1. The first-order chi connectivity index (χ1) is 9.56. The van der Waals surface area contributed by atoms with Crippen molar-refractivity contribution < 1.29 is 4.74 Å². The molecule has 1 unspecified atom stereocenters. The van der Waals surface area contributed by atoms with Gasteiger partial charge in [0, 0.05) is 0 Å². The Kier molecular flexibility index (Phi) is 6.10. The Morgan fingerprint density at radius 3 is 2.50 bits per heavy atom. The van der Waals surface area contributed by atoms with Crippen molar-refractivity contribution in [3.63, 3.8) is 0 Å². The van der Waals surface area contributed by atoms with Crippen LogP contribution in [-0.2, 0) is 0 Å². The van der Waals surface area contributed by atoms with Gasteiger partial charge in [0.1, 0.15) is 5.75 Å². The molecule has 0 bridgehead atoms. The summed E-state index contributed by atoms with van der Waals surface area (Å²) in [6.45, 7) is 3.01. The molecule has 2 nitrogen and oxygen atoms in total. The Morgan fingerprint density at radius 1 is 1.25 bits per heavy atom. The van der Waals surface area contributed by atoms with Gasteiger partial charge >= 0.3 is 0 Å². The highest BCUT2D eigenvalue weighted by molar-refractivity contribution is 9.12. The number of hydrogen-bond donors (Lipinski definition) is 1. The molecule has 0 aliphatic carbocycles. The van der Waals surface area contributed by atoms with E-state index in [1.165, 1.54) is 11.1 Å². The number of rotatable bonds is 5. The van der Waals surface area contributed by atoms with E-state index in [9.17, 15) is 0 Å². The van der Waals surface area contributed by atoms with Gasteiger partial charge in [0.15, 0.2) is 0 Å². The summed E-state index contributed by atoms with van der Waals surface area (Å²) in [5, 5.41) is 3.53. The van der Waals surface area contributed by atoms with Gasteiger partial charge in [-0.05, 0) is 83.7 Å². The van der Waals surface area contributed by atoms with Crippen molar-refractivity contribution in [1.29, 1.82) is 0 Å². The van der Waals surface area contributed by atoms with Crippen molar-refractivity contribution in [2.75, 3.05) is 13.7 Å². The van der Waals surface area contributed by atoms with Crippen LogP contribution in [0.4, 0.5) is 0 Å². The number of thiophene rings is 1. The zero-order valence-corrected chi connectivity index (χ0v) is 16.6. The number of hydrogen-bond acceptors (Lipinski definition) is 3. The molecule has 6 heteroatoms. The summed E-state index contributed by atoms with van der Waals surface area (Å²) in [5.74, 6) is 0.842. The highest BCUT2D eigenvalue weighted by Gasteiger charge is 2.19. The molecular formula is C14H14Br3NOS. The molecule has 20 heavy (non-hydrogen) atoms. The number of nitrogens with one attached hydrogen (secondary N) is 1. The molecule has 0 saturated heterocycles. The summed E-state index contributed by atoms with van der Waals surface area (Å²) in [6.07, 6.45) is 0. The minimum absolute atomic E-state index is 0.152. The summed E-state index contributed by atoms with van der Waals surface area (Å²) in [4.78, 5) is 0. The molecule has 108 valence electrons. The lowest BCUT2D eigenvalue weighted by Gasteiger charge is -2.19. The van der Waals surface area contributed by atoms with E-state index >= 15 is 0 Å². The van der Waals surface area contributed by atoms with Crippen LogP contribution in [0.25, 0.3) is 0 Å². The van der Waals surface area contributed by atoms with E-state index in [0.29, 0.717) is 0 Å². The van der Waals surface area contributed by atoms with Gasteiger partial charge in [-0.2, -0.15) is 0 Å².